The fourth-order valence-corrected chi connectivity index (χ4v) is 3.91. The van der Waals surface area contributed by atoms with Crippen LogP contribution in [-0.2, 0) is 49.3 Å². The predicted octanol–water partition coefficient (Wildman–Crippen LogP) is 1.93. The second kappa shape index (κ2) is 6.69. The summed E-state index contributed by atoms with van der Waals surface area (Å²) in [5.74, 6) is 0.886. The minimum Gasteiger partial charge on any atom is -0.335 e. The molecule has 1 aliphatic heterocycles. The van der Waals surface area contributed by atoms with E-state index in [-0.39, 0.29) is 12.1 Å². The molecule has 1 aliphatic rings. The van der Waals surface area contributed by atoms with E-state index < -0.39 is 28.4 Å². The number of hydrogen-bond acceptors (Lipinski definition) is 4. The van der Waals surface area contributed by atoms with E-state index in [2.05, 4.69) is 10.1 Å². The SMILES string of the molecule is Cn1ncc(CN(Cc2cn3c(n2)CCCC3)S(C)(=O)=O)c1C(F)(F)F. The Morgan fingerprint density at radius 3 is 2.62 bits per heavy atom. The molecule has 0 atom stereocenters. The van der Waals surface area contributed by atoms with Crippen molar-refractivity contribution in [2.24, 2.45) is 7.05 Å². The van der Waals surface area contributed by atoms with Gasteiger partial charge < -0.3 is 4.57 Å². The lowest BCUT2D eigenvalue weighted by atomic mass is 10.2. The Morgan fingerprint density at radius 2 is 2.00 bits per heavy atom. The van der Waals surface area contributed by atoms with Gasteiger partial charge in [-0.05, 0) is 12.8 Å². The maximum absolute atomic E-state index is 13.2. The van der Waals surface area contributed by atoms with Gasteiger partial charge in [-0.15, -0.1) is 0 Å². The maximum atomic E-state index is 13.2. The standard InChI is InChI=1S/C15H20F3N5O2S/c1-21-14(15(16,17)18)11(7-19-21)8-23(26(2,24)25)10-12-9-22-6-4-3-5-13(22)20-12/h7,9H,3-6,8,10H2,1-2H3. The monoisotopic (exact) mass is 391 g/mol. The zero-order valence-electron chi connectivity index (χ0n) is 14.5. The number of sulfonamides is 1. The lowest BCUT2D eigenvalue weighted by molar-refractivity contribution is -0.144. The summed E-state index contributed by atoms with van der Waals surface area (Å²) in [7, 11) is -2.55. The molecule has 0 N–H and O–H groups in total. The van der Waals surface area contributed by atoms with Gasteiger partial charge in [-0.25, -0.2) is 13.4 Å². The fraction of sp³-hybridized carbons (Fsp3) is 0.600. The van der Waals surface area contributed by atoms with Crippen LogP contribution in [0.4, 0.5) is 13.2 Å². The van der Waals surface area contributed by atoms with Crippen LogP contribution in [0.1, 0.15) is 35.6 Å². The third-order valence-corrected chi connectivity index (χ3v) is 5.59. The number of aromatic nitrogens is 4. The van der Waals surface area contributed by atoms with Gasteiger partial charge in [0.1, 0.15) is 11.5 Å². The van der Waals surface area contributed by atoms with Crippen molar-refractivity contribution in [2.45, 2.75) is 45.1 Å². The summed E-state index contributed by atoms with van der Waals surface area (Å²) >= 11 is 0. The van der Waals surface area contributed by atoms with E-state index in [4.69, 9.17) is 0 Å². The highest BCUT2D eigenvalue weighted by Crippen LogP contribution is 2.32. The number of hydrogen-bond donors (Lipinski definition) is 0. The molecule has 11 heteroatoms. The van der Waals surface area contributed by atoms with E-state index >= 15 is 0 Å². The Hall–Kier alpha value is -1.88. The molecule has 3 rings (SSSR count). The number of nitrogens with zero attached hydrogens (tertiary/aromatic N) is 5. The summed E-state index contributed by atoms with van der Waals surface area (Å²) in [4.78, 5) is 4.44. The zero-order valence-corrected chi connectivity index (χ0v) is 15.3. The molecule has 26 heavy (non-hydrogen) atoms. The molecule has 0 unspecified atom stereocenters. The van der Waals surface area contributed by atoms with Crippen molar-refractivity contribution in [3.8, 4) is 0 Å². The minimum absolute atomic E-state index is 0.0783. The number of rotatable bonds is 5. The Balaban J connectivity index is 1.88. The number of imidazole rings is 1. The van der Waals surface area contributed by atoms with Crippen LogP contribution in [0.2, 0.25) is 0 Å². The fourth-order valence-electron chi connectivity index (χ4n) is 3.17. The van der Waals surface area contributed by atoms with E-state index in [1.165, 1.54) is 7.05 Å². The average Bonchev–Trinajstić information content (AvgIpc) is 3.08. The van der Waals surface area contributed by atoms with E-state index in [1.54, 1.807) is 6.20 Å². The topological polar surface area (TPSA) is 73.0 Å². The Kier molecular flexibility index (Phi) is 4.86. The molecule has 0 saturated heterocycles. The second-order valence-electron chi connectivity index (χ2n) is 6.47. The van der Waals surface area contributed by atoms with Crippen LogP contribution >= 0.6 is 0 Å². The number of aryl methyl sites for hydroxylation is 3. The Bertz CT molecular complexity index is 878. The smallest absolute Gasteiger partial charge is 0.335 e. The van der Waals surface area contributed by atoms with Gasteiger partial charge in [-0.1, -0.05) is 0 Å². The van der Waals surface area contributed by atoms with Crippen molar-refractivity contribution in [3.05, 3.63) is 35.2 Å². The van der Waals surface area contributed by atoms with E-state index in [9.17, 15) is 21.6 Å². The Morgan fingerprint density at radius 1 is 1.27 bits per heavy atom. The van der Waals surface area contributed by atoms with Gasteiger partial charge >= 0.3 is 6.18 Å². The van der Waals surface area contributed by atoms with Crippen LogP contribution < -0.4 is 0 Å². The van der Waals surface area contributed by atoms with Crippen molar-refractivity contribution in [2.75, 3.05) is 6.26 Å². The van der Waals surface area contributed by atoms with E-state index in [0.29, 0.717) is 10.4 Å². The molecule has 0 saturated carbocycles. The average molecular weight is 391 g/mol. The van der Waals surface area contributed by atoms with Gasteiger partial charge in [0, 0.05) is 38.3 Å². The molecule has 144 valence electrons. The third-order valence-electron chi connectivity index (χ3n) is 4.40. The molecule has 0 aliphatic carbocycles. The molecule has 7 nitrogen and oxygen atoms in total. The summed E-state index contributed by atoms with van der Waals surface area (Å²) < 4.78 is 67.6. The lowest BCUT2D eigenvalue weighted by Gasteiger charge is -2.19. The van der Waals surface area contributed by atoms with Crippen molar-refractivity contribution < 1.29 is 21.6 Å². The maximum Gasteiger partial charge on any atom is 0.433 e. The number of fused-ring (bicyclic) bond motifs is 1. The molecule has 0 spiro atoms. The highest BCUT2D eigenvalue weighted by Gasteiger charge is 2.38. The first-order valence-corrected chi connectivity index (χ1v) is 9.98. The second-order valence-corrected chi connectivity index (χ2v) is 8.45. The molecule has 0 amide bonds. The largest absolute Gasteiger partial charge is 0.433 e. The van der Waals surface area contributed by atoms with Crippen LogP contribution in [-0.4, -0.2) is 38.3 Å². The van der Waals surface area contributed by atoms with E-state index in [0.717, 1.165) is 48.4 Å². The van der Waals surface area contributed by atoms with Crippen LogP contribution in [0.3, 0.4) is 0 Å². The molecule has 2 aromatic heterocycles. The van der Waals surface area contributed by atoms with Gasteiger partial charge in [-0.3, -0.25) is 4.68 Å². The summed E-state index contributed by atoms with van der Waals surface area (Å²) in [5.41, 5.74) is -0.602. The highest BCUT2D eigenvalue weighted by atomic mass is 32.2. The molecule has 0 fully saturated rings. The molecular formula is C15H20F3N5O2S. The van der Waals surface area contributed by atoms with Crippen molar-refractivity contribution in [1.82, 2.24) is 23.6 Å². The van der Waals surface area contributed by atoms with Crippen LogP contribution in [0, 0.1) is 0 Å². The third kappa shape index (κ3) is 3.93. The first-order chi connectivity index (χ1) is 12.1. The quantitative estimate of drug-likeness (QED) is 0.781. The molecule has 2 aromatic rings. The Labute approximate surface area is 149 Å². The van der Waals surface area contributed by atoms with E-state index in [1.807, 2.05) is 4.57 Å². The van der Waals surface area contributed by atoms with Crippen molar-refractivity contribution >= 4 is 10.0 Å². The molecule has 0 bridgehead atoms. The zero-order chi connectivity index (χ0) is 19.1. The van der Waals surface area contributed by atoms with Crippen LogP contribution in [0.15, 0.2) is 12.4 Å². The molecule has 0 radical (unpaired) electrons. The van der Waals surface area contributed by atoms with Crippen LogP contribution in [0.5, 0.6) is 0 Å². The van der Waals surface area contributed by atoms with Gasteiger partial charge in [0.15, 0.2) is 0 Å². The minimum atomic E-state index is -4.61. The summed E-state index contributed by atoms with van der Waals surface area (Å²) in [6, 6.07) is 0. The van der Waals surface area contributed by atoms with Gasteiger partial charge in [0.2, 0.25) is 10.0 Å². The first-order valence-electron chi connectivity index (χ1n) is 8.14. The number of halogens is 3. The molecular weight excluding hydrogens is 371 g/mol. The van der Waals surface area contributed by atoms with Gasteiger partial charge in [-0.2, -0.15) is 22.6 Å². The van der Waals surface area contributed by atoms with Gasteiger partial charge in [0.05, 0.1) is 24.7 Å². The highest BCUT2D eigenvalue weighted by molar-refractivity contribution is 7.88. The van der Waals surface area contributed by atoms with Gasteiger partial charge in [0.25, 0.3) is 0 Å². The van der Waals surface area contributed by atoms with Crippen LogP contribution in [0.25, 0.3) is 0 Å². The predicted molar refractivity (Wildman–Crippen MR) is 87.5 cm³/mol. The first kappa shape index (κ1) is 18.9. The molecule has 3 heterocycles. The summed E-state index contributed by atoms with van der Waals surface area (Å²) in [5, 5.41) is 3.63. The lowest BCUT2D eigenvalue weighted by Crippen LogP contribution is -2.30. The normalized spacial score (nSPS) is 15.5. The summed E-state index contributed by atoms with van der Waals surface area (Å²) in [6.07, 6.45) is 2.07. The summed E-state index contributed by atoms with van der Waals surface area (Å²) in [6.45, 7) is 0.330. The number of alkyl halides is 3. The van der Waals surface area contributed by atoms with Crippen molar-refractivity contribution in [1.29, 1.82) is 0 Å². The van der Waals surface area contributed by atoms with Crippen molar-refractivity contribution in [3.63, 3.8) is 0 Å². The molecule has 0 aromatic carbocycles.